The molecule has 3 aromatic heterocycles. The van der Waals surface area contributed by atoms with Crippen LogP contribution in [0, 0.1) is 48.5 Å². The van der Waals surface area contributed by atoms with E-state index in [1.807, 2.05) is 0 Å². The van der Waals surface area contributed by atoms with Gasteiger partial charge in [-0.2, -0.15) is 0 Å². The van der Waals surface area contributed by atoms with Gasteiger partial charge in [-0.3, -0.25) is 4.98 Å². The van der Waals surface area contributed by atoms with E-state index in [1.165, 1.54) is 105 Å². The summed E-state index contributed by atoms with van der Waals surface area (Å²) < 4.78 is 5.01. The summed E-state index contributed by atoms with van der Waals surface area (Å²) in [7, 11) is 0. The zero-order valence-corrected chi connectivity index (χ0v) is 43.6. The predicted molar refractivity (Wildman–Crippen MR) is 311 cm³/mol. The molecule has 0 saturated carbocycles. The topological polar surface area (TPSA) is 22.8 Å². The molecule has 12 rings (SSSR count). The van der Waals surface area contributed by atoms with Crippen LogP contribution in [-0.2, 0) is 0 Å². The molecular weight excluding hydrogens is 883 g/mol. The first kappa shape index (κ1) is 45.6. The third-order valence-electron chi connectivity index (χ3n) is 15.3. The van der Waals surface area contributed by atoms with Gasteiger partial charge in [0, 0.05) is 27.1 Å². The fourth-order valence-corrected chi connectivity index (χ4v) is 11.9. The van der Waals surface area contributed by atoms with E-state index in [0.29, 0.717) is 0 Å². The lowest BCUT2D eigenvalue weighted by molar-refractivity contribution is 1.09. The molecule has 0 amide bonds. The maximum absolute atomic E-state index is 5.32. The van der Waals surface area contributed by atoms with Crippen LogP contribution >= 0.6 is 0 Å². The Kier molecular flexibility index (Phi) is 11.0. The van der Waals surface area contributed by atoms with Gasteiger partial charge in [-0.25, -0.2) is 0 Å². The molecule has 3 heteroatoms. The van der Waals surface area contributed by atoms with E-state index in [4.69, 9.17) is 4.98 Å². The van der Waals surface area contributed by atoms with Crippen molar-refractivity contribution >= 4 is 49.2 Å². The first-order valence-corrected chi connectivity index (χ1v) is 25.6. The van der Waals surface area contributed by atoms with E-state index in [-0.39, 0.29) is 0 Å². The van der Waals surface area contributed by atoms with Gasteiger partial charge in [-0.15, -0.1) is 5.73 Å². The van der Waals surface area contributed by atoms with Gasteiger partial charge in [-0.05, 0) is 189 Å². The molecule has 73 heavy (non-hydrogen) atoms. The van der Waals surface area contributed by atoms with Gasteiger partial charge in [0.2, 0.25) is 0 Å². The fourth-order valence-electron chi connectivity index (χ4n) is 11.9. The van der Waals surface area contributed by atoms with Crippen molar-refractivity contribution in [2.75, 3.05) is 0 Å². The molecule has 0 saturated heterocycles. The predicted octanol–water partition coefficient (Wildman–Crippen LogP) is 18.9. The summed E-state index contributed by atoms with van der Waals surface area (Å²) in [5, 5.41) is 4.78. The van der Waals surface area contributed by atoms with Crippen molar-refractivity contribution in [1.82, 2.24) is 14.1 Å². The summed E-state index contributed by atoms with van der Waals surface area (Å²) in [6.07, 6.45) is 8.74. The maximum Gasteiger partial charge on any atom is 0.0745 e. The first-order chi connectivity index (χ1) is 35.3. The number of benzene rings is 8. The molecule has 0 atom stereocenters. The lowest BCUT2D eigenvalue weighted by Crippen LogP contribution is -2.05. The molecule has 0 unspecified atom stereocenters. The second kappa shape index (κ2) is 17.7. The summed E-state index contributed by atoms with van der Waals surface area (Å²) in [5.74, 6) is 0. The molecule has 0 spiro atoms. The Morgan fingerprint density at radius 2 is 0.699 bits per heavy atom. The Labute approximate surface area is 429 Å². The van der Waals surface area contributed by atoms with Crippen molar-refractivity contribution in [2.45, 2.75) is 69.2 Å². The third kappa shape index (κ3) is 7.89. The van der Waals surface area contributed by atoms with Crippen molar-refractivity contribution in [2.24, 2.45) is 0 Å². The molecule has 354 valence electrons. The van der Waals surface area contributed by atoms with Gasteiger partial charge in [0.25, 0.3) is 0 Å². The van der Waals surface area contributed by atoms with Gasteiger partial charge in [0.05, 0.1) is 45.8 Å². The minimum atomic E-state index is 1.01. The van der Waals surface area contributed by atoms with Crippen LogP contribution in [0.4, 0.5) is 0 Å². The standard InChI is InChI=1S/C70H59N3/c1-41-11-16-51(17-12-41)70-68(72-64-35-52(56-22-13-42(2)30-47(56)7)18-25-59(64)60-26-19-53(36-65(60)72)57-23-14-43(3)31-48(57)8)39-71-40-69(70)73-66-37-54(58-24-15-44(4)32-49(58)9)20-27-61(66)62-28-21-55(38-67(62)73)63-34-46(6)29-45(5)33-50(63)10/h11-28,30-40H,1-10H3. The molecule has 1 aliphatic rings. The molecule has 0 fully saturated rings. The molecule has 1 aliphatic carbocycles. The van der Waals surface area contributed by atoms with Crippen LogP contribution in [0.25, 0.3) is 105 Å². The van der Waals surface area contributed by atoms with Crippen LogP contribution in [-0.4, -0.2) is 14.1 Å². The Morgan fingerprint density at radius 1 is 0.342 bits per heavy atom. The van der Waals surface area contributed by atoms with Crippen LogP contribution in [0.3, 0.4) is 0 Å². The summed E-state index contributed by atoms with van der Waals surface area (Å²) in [5.41, 5.74) is 34.2. The van der Waals surface area contributed by atoms with Gasteiger partial charge in [-0.1, -0.05) is 150 Å². The van der Waals surface area contributed by atoms with Gasteiger partial charge < -0.3 is 9.13 Å². The summed E-state index contributed by atoms with van der Waals surface area (Å²) >= 11 is 0. The number of allylic oxidation sites excluding steroid dienone is 5. The van der Waals surface area contributed by atoms with Crippen LogP contribution in [0.5, 0.6) is 0 Å². The Balaban J connectivity index is 1.22. The number of hydrogen-bond donors (Lipinski definition) is 0. The molecule has 3 heterocycles. The molecule has 0 N–H and O–H groups in total. The molecule has 3 nitrogen and oxygen atoms in total. The SMILES string of the molecule is CC1=C=C(C)C=C(c2ccc3c4ccc(-c5ccc(C)cc5C)cc4n(-c4cncc(-n5c6cc(-c7ccc(C)cc7C)ccc6c6ccc(-c7ccc(C)cc7C)cc65)c4-c4ccc(C)cc4)c3c2)C(C)=C1. The van der Waals surface area contributed by atoms with Crippen molar-refractivity contribution in [3.63, 3.8) is 0 Å². The number of hydrogen-bond acceptors (Lipinski definition) is 1. The molecule has 8 aromatic carbocycles. The van der Waals surface area contributed by atoms with Crippen molar-refractivity contribution < 1.29 is 0 Å². The van der Waals surface area contributed by atoms with Crippen LogP contribution in [0.15, 0.2) is 199 Å². The highest BCUT2D eigenvalue weighted by atomic mass is 15.0. The Hall–Kier alpha value is -8.49. The highest BCUT2D eigenvalue weighted by Gasteiger charge is 2.25. The number of nitrogens with zero attached hydrogens (tertiary/aromatic N) is 3. The largest absolute Gasteiger partial charge is 0.307 e. The van der Waals surface area contributed by atoms with Gasteiger partial charge in [0.1, 0.15) is 0 Å². The number of aromatic nitrogens is 3. The highest BCUT2D eigenvalue weighted by molar-refractivity contribution is 6.14. The lowest BCUT2D eigenvalue weighted by atomic mass is 9.95. The zero-order chi connectivity index (χ0) is 50.4. The van der Waals surface area contributed by atoms with E-state index in [0.717, 1.165) is 61.3 Å². The quantitative estimate of drug-likeness (QED) is 0.146. The highest BCUT2D eigenvalue weighted by Crippen LogP contribution is 2.45. The van der Waals surface area contributed by atoms with Crippen LogP contribution in [0.2, 0.25) is 0 Å². The number of pyridine rings is 1. The molecule has 0 bridgehead atoms. The lowest BCUT2D eigenvalue weighted by Gasteiger charge is -2.20. The molecular formula is C70H59N3. The number of fused-ring (bicyclic) bond motifs is 6. The maximum atomic E-state index is 5.32. The number of rotatable bonds is 7. The second-order valence-corrected chi connectivity index (χ2v) is 20.8. The molecule has 0 radical (unpaired) electrons. The average molecular weight is 942 g/mol. The average Bonchev–Trinajstić information content (AvgIpc) is 3.81. The monoisotopic (exact) mass is 941 g/mol. The molecule has 11 aromatic rings. The summed E-state index contributed by atoms with van der Waals surface area (Å²) in [6.45, 7) is 21.9. The molecule has 0 aliphatic heterocycles. The van der Waals surface area contributed by atoms with E-state index in [9.17, 15) is 0 Å². The van der Waals surface area contributed by atoms with Crippen LogP contribution in [0.1, 0.15) is 65.3 Å². The second-order valence-electron chi connectivity index (χ2n) is 20.8. The number of aryl methyl sites for hydroxylation is 7. The van der Waals surface area contributed by atoms with E-state index < -0.39 is 0 Å². The summed E-state index contributed by atoms with van der Waals surface area (Å²) in [4.78, 5) is 5.32. The van der Waals surface area contributed by atoms with Crippen molar-refractivity contribution in [3.8, 4) is 55.9 Å². The van der Waals surface area contributed by atoms with Crippen molar-refractivity contribution in [1.29, 1.82) is 0 Å². The van der Waals surface area contributed by atoms with Crippen LogP contribution < -0.4 is 0 Å². The minimum Gasteiger partial charge on any atom is -0.307 e. The van der Waals surface area contributed by atoms with E-state index in [1.54, 1.807) is 0 Å². The van der Waals surface area contributed by atoms with Gasteiger partial charge >= 0.3 is 0 Å². The van der Waals surface area contributed by atoms with E-state index in [2.05, 4.69) is 260 Å². The zero-order valence-electron chi connectivity index (χ0n) is 43.6. The minimum absolute atomic E-state index is 1.01. The third-order valence-corrected chi connectivity index (χ3v) is 15.3. The Morgan fingerprint density at radius 3 is 1.11 bits per heavy atom. The fraction of sp³-hybridized carbons (Fsp3) is 0.143. The normalized spacial score (nSPS) is 12.9. The summed E-state index contributed by atoms with van der Waals surface area (Å²) in [6, 6.07) is 57.6. The van der Waals surface area contributed by atoms with Gasteiger partial charge in [0.15, 0.2) is 0 Å². The Bertz CT molecular complexity index is 4160. The smallest absolute Gasteiger partial charge is 0.0745 e. The van der Waals surface area contributed by atoms with Crippen molar-refractivity contribution in [3.05, 3.63) is 243 Å². The van der Waals surface area contributed by atoms with E-state index >= 15 is 0 Å². The first-order valence-electron chi connectivity index (χ1n) is 25.6.